The van der Waals surface area contributed by atoms with Gasteiger partial charge in [-0.3, -0.25) is 0 Å². The Morgan fingerprint density at radius 3 is 2.73 bits per heavy atom. The van der Waals surface area contributed by atoms with Crippen molar-refractivity contribution in [3.8, 4) is 0 Å². The molecule has 2 aliphatic carbocycles. The van der Waals surface area contributed by atoms with Gasteiger partial charge in [-0.15, -0.1) is 0 Å². The number of hydrogen-bond acceptors (Lipinski definition) is 1. The van der Waals surface area contributed by atoms with Crippen LogP contribution in [0.5, 0.6) is 0 Å². The maximum absolute atomic E-state index is 6.32. The highest BCUT2D eigenvalue weighted by Crippen LogP contribution is 2.49. The summed E-state index contributed by atoms with van der Waals surface area (Å²) in [5.41, 5.74) is 8.95. The lowest BCUT2D eigenvalue weighted by Gasteiger charge is -2.23. The fourth-order valence-electron chi connectivity index (χ4n) is 2.47. The molecule has 0 amide bonds. The highest BCUT2D eigenvalue weighted by Gasteiger charge is 2.52. The molecule has 0 aromatic carbocycles. The van der Waals surface area contributed by atoms with Crippen molar-refractivity contribution in [3.05, 3.63) is 36.0 Å². The minimum Gasteiger partial charge on any atom is -0.324 e. The number of nitrogens with two attached hydrogens (primary N) is 1. The fraction of sp³-hybridized carbons (Fsp3) is 0.571. The van der Waals surface area contributed by atoms with Gasteiger partial charge in [0.25, 0.3) is 0 Å². The summed E-state index contributed by atoms with van der Waals surface area (Å²) in [6.07, 6.45) is 10.1. The highest BCUT2D eigenvalue weighted by molar-refractivity contribution is 5.41. The maximum atomic E-state index is 6.32. The molecule has 2 aliphatic rings. The molecule has 2 rings (SSSR count). The maximum Gasteiger partial charge on any atom is 0.0250 e. The molecular weight excluding hydrogens is 182 g/mol. The standard InChI is InChI=1S/C14H21N/c1-4-10(2)12-5-7-13(8-6-12)14(15)9-11(14)3/h5-7,11,13H,2,4,8-9,15H2,1,3H3/t11-,13?,14?/m0/s1. The van der Waals surface area contributed by atoms with Crippen LogP contribution >= 0.6 is 0 Å². The summed E-state index contributed by atoms with van der Waals surface area (Å²) in [5, 5.41) is 0. The SMILES string of the molecule is C=C(CC)C1=CCC(C2(N)C[C@@H]2C)C=C1. The molecule has 0 spiro atoms. The molecule has 15 heavy (non-hydrogen) atoms. The summed E-state index contributed by atoms with van der Waals surface area (Å²) in [7, 11) is 0. The van der Waals surface area contributed by atoms with E-state index in [1.165, 1.54) is 17.6 Å². The molecule has 2 N–H and O–H groups in total. The molecule has 0 bridgehead atoms. The van der Waals surface area contributed by atoms with Gasteiger partial charge in [0.1, 0.15) is 0 Å². The monoisotopic (exact) mass is 203 g/mol. The summed E-state index contributed by atoms with van der Waals surface area (Å²) in [6, 6.07) is 0. The van der Waals surface area contributed by atoms with Gasteiger partial charge in [0.2, 0.25) is 0 Å². The summed E-state index contributed by atoms with van der Waals surface area (Å²) >= 11 is 0. The number of allylic oxidation sites excluding steroid dienone is 4. The van der Waals surface area contributed by atoms with E-state index in [9.17, 15) is 0 Å². The van der Waals surface area contributed by atoms with Crippen LogP contribution in [-0.2, 0) is 0 Å². The van der Waals surface area contributed by atoms with E-state index < -0.39 is 0 Å². The third-order valence-corrected chi connectivity index (χ3v) is 4.04. The van der Waals surface area contributed by atoms with E-state index in [4.69, 9.17) is 5.73 Å². The van der Waals surface area contributed by atoms with E-state index in [2.05, 4.69) is 38.7 Å². The van der Waals surface area contributed by atoms with Crippen molar-refractivity contribution in [1.29, 1.82) is 0 Å². The molecule has 2 unspecified atom stereocenters. The largest absolute Gasteiger partial charge is 0.324 e. The quantitative estimate of drug-likeness (QED) is 0.749. The van der Waals surface area contributed by atoms with E-state index in [1.54, 1.807) is 0 Å². The zero-order valence-corrected chi connectivity index (χ0v) is 9.79. The summed E-state index contributed by atoms with van der Waals surface area (Å²) in [5.74, 6) is 1.23. The van der Waals surface area contributed by atoms with E-state index in [-0.39, 0.29) is 5.54 Å². The first-order chi connectivity index (χ1) is 7.08. The molecule has 1 nitrogen and oxygen atoms in total. The summed E-state index contributed by atoms with van der Waals surface area (Å²) in [4.78, 5) is 0. The first-order valence-corrected chi connectivity index (χ1v) is 5.93. The van der Waals surface area contributed by atoms with Crippen molar-refractivity contribution < 1.29 is 0 Å². The van der Waals surface area contributed by atoms with Crippen LogP contribution in [0.4, 0.5) is 0 Å². The van der Waals surface area contributed by atoms with E-state index in [1.807, 2.05) is 0 Å². The van der Waals surface area contributed by atoms with Gasteiger partial charge in [0.05, 0.1) is 0 Å². The van der Waals surface area contributed by atoms with Crippen LogP contribution in [0.25, 0.3) is 0 Å². The molecule has 0 aromatic rings. The van der Waals surface area contributed by atoms with Crippen LogP contribution in [-0.4, -0.2) is 5.54 Å². The van der Waals surface area contributed by atoms with Crippen molar-refractivity contribution in [1.82, 2.24) is 0 Å². The van der Waals surface area contributed by atoms with Crippen molar-refractivity contribution in [2.75, 3.05) is 0 Å². The smallest absolute Gasteiger partial charge is 0.0250 e. The second-order valence-electron chi connectivity index (χ2n) is 5.04. The lowest BCUT2D eigenvalue weighted by atomic mass is 9.86. The van der Waals surface area contributed by atoms with E-state index in [0.717, 1.165) is 12.8 Å². The minimum atomic E-state index is 0.0894. The molecule has 0 heterocycles. The van der Waals surface area contributed by atoms with Gasteiger partial charge in [-0.25, -0.2) is 0 Å². The van der Waals surface area contributed by atoms with Crippen LogP contribution in [0.1, 0.15) is 33.1 Å². The van der Waals surface area contributed by atoms with Crippen molar-refractivity contribution in [2.45, 2.75) is 38.6 Å². The Hall–Kier alpha value is -0.820. The Morgan fingerprint density at radius 1 is 1.67 bits per heavy atom. The Kier molecular flexibility index (Phi) is 2.59. The van der Waals surface area contributed by atoms with Gasteiger partial charge in [-0.2, -0.15) is 0 Å². The van der Waals surface area contributed by atoms with E-state index in [0.29, 0.717) is 11.8 Å². The van der Waals surface area contributed by atoms with Crippen LogP contribution < -0.4 is 5.73 Å². The fourth-order valence-corrected chi connectivity index (χ4v) is 2.47. The average molecular weight is 203 g/mol. The Morgan fingerprint density at radius 2 is 2.33 bits per heavy atom. The van der Waals surface area contributed by atoms with Gasteiger partial charge in [-0.1, -0.05) is 38.7 Å². The van der Waals surface area contributed by atoms with Crippen molar-refractivity contribution >= 4 is 0 Å². The predicted molar refractivity (Wildman–Crippen MR) is 65.5 cm³/mol. The molecular formula is C14H21N. The molecule has 0 saturated heterocycles. The van der Waals surface area contributed by atoms with E-state index >= 15 is 0 Å². The first-order valence-electron chi connectivity index (χ1n) is 5.93. The normalized spacial score (nSPS) is 38.7. The zero-order chi connectivity index (χ0) is 11.1. The molecule has 82 valence electrons. The second kappa shape index (κ2) is 3.64. The Labute approximate surface area is 92.7 Å². The molecule has 1 heteroatoms. The van der Waals surface area contributed by atoms with Crippen molar-refractivity contribution in [2.24, 2.45) is 17.6 Å². The summed E-state index contributed by atoms with van der Waals surface area (Å²) in [6.45, 7) is 8.46. The molecule has 0 radical (unpaired) electrons. The molecule has 3 atom stereocenters. The first kappa shape index (κ1) is 10.7. The van der Waals surface area contributed by atoms with Gasteiger partial charge in [0, 0.05) is 5.54 Å². The highest BCUT2D eigenvalue weighted by atomic mass is 14.9. The van der Waals surface area contributed by atoms with Crippen LogP contribution in [0, 0.1) is 11.8 Å². The molecule has 0 aromatic heterocycles. The Bertz CT molecular complexity index is 337. The average Bonchev–Trinajstić information content (AvgIpc) is 2.87. The lowest BCUT2D eigenvalue weighted by Crippen LogP contribution is -2.33. The molecule has 1 saturated carbocycles. The molecule has 1 fully saturated rings. The second-order valence-corrected chi connectivity index (χ2v) is 5.04. The van der Waals surface area contributed by atoms with Crippen LogP contribution in [0.2, 0.25) is 0 Å². The molecule has 0 aliphatic heterocycles. The third-order valence-electron chi connectivity index (χ3n) is 4.04. The number of rotatable bonds is 3. The summed E-state index contributed by atoms with van der Waals surface area (Å²) < 4.78 is 0. The predicted octanol–water partition coefficient (Wildman–Crippen LogP) is 3.19. The lowest BCUT2D eigenvalue weighted by molar-refractivity contribution is 0.457. The minimum absolute atomic E-state index is 0.0894. The van der Waals surface area contributed by atoms with Crippen LogP contribution in [0.15, 0.2) is 36.0 Å². The van der Waals surface area contributed by atoms with Gasteiger partial charge in [0.15, 0.2) is 0 Å². The Balaban J connectivity index is 2.01. The zero-order valence-electron chi connectivity index (χ0n) is 9.79. The number of hydrogen-bond donors (Lipinski definition) is 1. The third kappa shape index (κ3) is 1.81. The van der Waals surface area contributed by atoms with Gasteiger partial charge < -0.3 is 5.73 Å². The topological polar surface area (TPSA) is 26.0 Å². The van der Waals surface area contributed by atoms with Crippen molar-refractivity contribution in [3.63, 3.8) is 0 Å². The van der Waals surface area contributed by atoms with Crippen LogP contribution in [0.3, 0.4) is 0 Å². The van der Waals surface area contributed by atoms with Gasteiger partial charge in [-0.05, 0) is 42.2 Å². The van der Waals surface area contributed by atoms with Gasteiger partial charge >= 0.3 is 0 Å².